The molecule has 0 saturated carbocycles. The van der Waals surface area contributed by atoms with Crippen LogP contribution < -0.4 is 10.5 Å². The van der Waals surface area contributed by atoms with Crippen molar-refractivity contribution in [3.8, 4) is 5.75 Å². The number of nitrogen functional groups attached to an aromatic ring is 1. The van der Waals surface area contributed by atoms with Crippen molar-refractivity contribution in [1.29, 1.82) is 0 Å². The lowest BCUT2D eigenvalue weighted by Crippen LogP contribution is -2.43. The van der Waals surface area contributed by atoms with Gasteiger partial charge in [0.15, 0.2) is 11.6 Å². The number of carbonyl (C=O) groups is 1. The molecule has 2 heterocycles. The second-order valence-corrected chi connectivity index (χ2v) is 2.86. The number of rotatable bonds is 1. The lowest BCUT2D eigenvalue weighted by molar-refractivity contribution is 0.125. The van der Waals surface area contributed by atoms with Gasteiger partial charge in [0, 0.05) is 13.1 Å². The Bertz CT molecular complexity index is 318. The second kappa shape index (κ2) is 2.96. The molecule has 1 amide bonds. The summed E-state index contributed by atoms with van der Waals surface area (Å²) in [6.07, 6.45) is 2.06. The van der Waals surface area contributed by atoms with E-state index in [-0.39, 0.29) is 17.7 Å². The Morgan fingerprint density at radius 3 is 2.92 bits per heavy atom. The Morgan fingerprint density at radius 1 is 1.69 bits per heavy atom. The third kappa shape index (κ3) is 1.42. The maximum Gasteiger partial charge on any atom is 0.415 e. The second-order valence-electron chi connectivity index (χ2n) is 2.86. The number of aromatic amines is 1. The highest BCUT2D eigenvalue weighted by molar-refractivity contribution is 5.72. The van der Waals surface area contributed by atoms with Gasteiger partial charge in [-0.2, -0.15) is 5.10 Å². The lowest BCUT2D eigenvalue weighted by atomic mass is 10.2. The molecule has 0 unspecified atom stereocenters. The van der Waals surface area contributed by atoms with E-state index in [1.54, 1.807) is 4.90 Å². The van der Waals surface area contributed by atoms with Gasteiger partial charge in [0.1, 0.15) is 0 Å². The summed E-state index contributed by atoms with van der Waals surface area (Å²) >= 11 is 0. The molecule has 0 aromatic carbocycles. The van der Waals surface area contributed by atoms with Crippen LogP contribution in [0.1, 0.15) is 6.42 Å². The predicted molar refractivity (Wildman–Crippen MR) is 45.2 cm³/mol. The average molecular weight is 182 g/mol. The van der Waals surface area contributed by atoms with E-state index in [1.807, 2.05) is 0 Å². The van der Waals surface area contributed by atoms with Crippen LogP contribution in [0, 0.1) is 0 Å². The molecule has 0 atom stereocenters. The van der Waals surface area contributed by atoms with Crippen molar-refractivity contribution in [2.45, 2.75) is 6.42 Å². The van der Waals surface area contributed by atoms with Gasteiger partial charge in [-0.25, -0.2) is 4.79 Å². The Labute approximate surface area is 74.7 Å². The summed E-state index contributed by atoms with van der Waals surface area (Å²) in [5.41, 5.74) is 5.43. The van der Waals surface area contributed by atoms with Crippen LogP contribution in [0.25, 0.3) is 0 Å². The normalized spacial score (nSPS) is 15.2. The monoisotopic (exact) mass is 182 g/mol. The van der Waals surface area contributed by atoms with Crippen LogP contribution in [0.4, 0.5) is 10.6 Å². The van der Waals surface area contributed by atoms with Gasteiger partial charge in [-0.15, -0.1) is 0 Å². The fraction of sp³-hybridized carbons (Fsp3) is 0.429. The number of anilines is 1. The Morgan fingerprint density at radius 2 is 2.46 bits per heavy atom. The zero-order valence-electron chi connectivity index (χ0n) is 6.99. The molecule has 1 aliphatic rings. The number of ether oxygens (including phenoxy) is 1. The summed E-state index contributed by atoms with van der Waals surface area (Å²) in [5, 5.41) is 6.11. The predicted octanol–water partition coefficient (Wildman–Crippen LogP) is 0.196. The van der Waals surface area contributed by atoms with Gasteiger partial charge in [0.25, 0.3) is 0 Å². The fourth-order valence-corrected chi connectivity index (χ4v) is 1.02. The number of nitrogens with zero attached hydrogens (tertiary/aromatic N) is 2. The largest absolute Gasteiger partial charge is 0.415 e. The standard InChI is InChI=1S/C7H10N4O2/c8-6-5(4-9-10-6)13-7(12)11-2-1-3-11/h4H,1-3H2,(H3,8,9,10). The zero-order valence-corrected chi connectivity index (χ0v) is 6.99. The van der Waals surface area contributed by atoms with Gasteiger partial charge >= 0.3 is 6.09 Å². The lowest BCUT2D eigenvalue weighted by Gasteiger charge is -2.29. The summed E-state index contributed by atoms with van der Waals surface area (Å²) in [6, 6.07) is 0. The van der Waals surface area contributed by atoms with Gasteiger partial charge in [-0.1, -0.05) is 0 Å². The highest BCUT2D eigenvalue weighted by Gasteiger charge is 2.22. The van der Waals surface area contributed by atoms with Crippen molar-refractivity contribution in [2.75, 3.05) is 18.8 Å². The summed E-state index contributed by atoms with van der Waals surface area (Å²) < 4.78 is 4.96. The van der Waals surface area contributed by atoms with Crippen LogP contribution in [0.3, 0.4) is 0 Å². The van der Waals surface area contributed by atoms with Crippen LogP contribution in [-0.2, 0) is 0 Å². The average Bonchev–Trinajstić information content (AvgIpc) is 2.32. The quantitative estimate of drug-likeness (QED) is 0.649. The molecule has 1 fully saturated rings. The van der Waals surface area contributed by atoms with Crippen molar-refractivity contribution in [3.63, 3.8) is 0 Å². The first-order valence-corrected chi connectivity index (χ1v) is 4.03. The summed E-state index contributed by atoms with van der Waals surface area (Å²) in [4.78, 5) is 12.9. The number of hydrogen-bond donors (Lipinski definition) is 2. The molecule has 1 aliphatic heterocycles. The van der Waals surface area contributed by atoms with Gasteiger partial charge in [0.05, 0.1) is 6.20 Å². The van der Waals surface area contributed by atoms with Crippen molar-refractivity contribution in [2.24, 2.45) is 0 Å². The van der Waals surface area contributed by atoms with E-state index in [0.717, 1.165) is 19.5 Å². The van der Waals surface area contributed by atoms with Crippen molar-refractivity contribution < 1.29 is 9.53 Å². The molecule has 2 rings (SSSR count). The first-order chi connectivity index (χ1) is 6.27. The van der Waals surface area contributed by atoms with Crippen LogP contribution in [-0.4, -0.2) is 34.3 Å². The number of H-pyrrole nitrogens is 1. The molecule has 6 heteroatoms. The molecule has 1 aromatic rings. The molecule has 70 valence electrons. The first-order valence-electron chi connectivity index (χ1n) is 4.03. The number of carbonyl (C=O) groups excluding carboxylic acids is 1. The summed E-state index contributed by atoms with van der Waals surface area (Å²) in [5.74, 6) is 0.561. The molecule has 0 radical (unpaired) electrons. The van der Waals surface area contributed by atoms with Crippen LogP contribution in [0.15, 0.2) is 6.20 Å². The summed E-state index contributed by atoms with van der Waals surface area (Å²) in [7, 11) is 0. The van der Waals surface area contributed by atoms with Crippen molar-refractivity contribution in [3.05, 3.63) is 6.20 Å². The van der Waals surface area contributed by atoms with E-state index < -0.39 is 0 Å². The molecule has 1 saturated heterocycles. The number of amides is 1. The highest BCUT2D eigenvalue weighted by atomic mass is 16.6. The minimum absolute atomic E-state index is 0.272. The maximum atomic E-state index is 11.3. The smallest absolute Gasteiger partial charge is 0.405 e. The van der Waals surface area contributed by atoms with E-state index in [0.29, 0.717) is 0 Å². The molecule has 0 spiro atoms. The fourth-order valence-electron chi connectivity index (χ4n) is 1.02. The van der Waals surface area contributed by atoms with E-state index in [9.17, 15) is 4.79 Å². The molecule has 6 nitrogen and oxygen atoms in total. The van der Waals surface area contributed by atoms with E-state index in [1.165, 1.54) is 6.20 Å². The molecule has 0 aliphatic carbocycles. The highest BCUT2D eigenvalue weighted by Crippen LogP contribution is 2.18. The summed E-state index contributed by atoms with van der Waals surface area (Å²) in [6.45, 7) is 1.52. The molecule has 0 bridgehead atoms. The van der Waals surface area contributed by atoms with Gasteiger partial charge < -0.3 is 15.4 Å². The van der Waals surface area contributed by atoms with E-state index >= 15 is 0 Å². The topological polar surface area (TPSA) is 84.2 Å². The van der Waals surface area contributed by atoms with Crippen LogP contribution in [0.5, 0.6) is 5.75 Å². The number of nitrogens with one attached hydrogen (secondary N) is 1. The minimum atomic E-state index is -0.362. The SMILES string of the molecule is Nc1[nH]ncc1OC(=O)N1CCC1. The Hall–Kier alpha value is -1.72. The van der Waals surface area contributed by atoms with Crippen LogP contribution >= 0.6 is 0 Å². The molecule has 3 N–H and O–H groups in total. The van der Waals surface area contributed by atoms with E-state index in [2.05, 4.69) is 10.2 Å². The number of likely N-dealkylation sites (tertiary alicyclic amines) is 1. The third-order valence-electron chi connectivity index (χ3n) is 1.94. The molecule has 13 heavy (non-hydrogen) atoms. The zero-order chi connectivity index (χ0) is 9.26. The van der Waals surface area contributed by atoms with Gasteiger partial charge in [0.2, 0.25) is 0 Å². The third-order valence-corrected chi connectivity index (χ3v) is 1.94. The van der Waals surface area contributed by atoms with Crippen molar-refractivity contribution in [1.82, 2.24) is 15.1 Å². The Kier molecular flexibility index (Phi) is 1.80. The van der Waals surface area contributed by atoms with Gasteiger partial charge in [-0.05, 0) is 6.42 Å². The number of aromatic nitrogens is 2. The molecular weight excluding hydrogens is 172 g/mol. The molecular formula is C7H10N4O2. The van der Waals surface area contributed by atoms with E-state index in [4.69, 9.17) is 10.5 Å². The minimum Gasteiger partial charge on any atom is -0.405 e. The number of hydrogen-bond acceptors (Lipinski definition) is 4. The Balaban J connectivity index is 1.97. The maximum absolute atomic E-state index is 11.3. The van der Waals surface area contributed by atoms with Crippen molar-refractivity contribution >= 4 is 11.9 Å². The first kappa shape index (κ1) is 7.90. The van der Waals surface area contributed by atoms with Gasteiger partial charge in [-0.3, -0.25) is 5.10 Å². The number of nitrogens with two attached hydrogens (primary N) is 1. The van der Waals surface area contributed by atoms with Crippen LogP contribution in [0.2, 0.25) is 0 Å². The molecule has 1 aromatic heterocycles.